The van der Waals surface area contributed by atoms with E-state index in [1.54, 1.807) is 17.0 Å². The monoisotopic (exact) mass is 481 g/mol. The first-order chi connectivity index (χ1) is 16.6. The summed E-state index contributed by atoms with van der Waals surface area (Å²) in [5.74, 6) is -1.39. The van der Waals surface area contributed by atoms with Gasteiger partial charge < -0.3 is 29.4 Å². The summed E-state index contributed by atoms with van der Waals surface area (Å²) in [7, 11) is -1.82. The van der Waals surface area contributed by atoms with Crippen molar-refractivity contribution in [3.8, 4) is 6.07 Å². The number of alkyl carbamates (subject to hydrolysis) is 1. The number of nitrogens with zero attached hydrogens (tertiary/aromatic N) is 2. The minimum atomic E-state index is -1.82. The molecule has 2 heterocycles. The van der Waals surface area contributed by atoms with Crippen LogP contribution in [0.15, 0.2) is 46.6 Å². The average molecular weight is 481 g/mol. The Labute approximate surface area is 205 Å². The van der Waals surface area contributed by atoms with Crippen molar-refractivity contribution in [3.05, 3.63) is 47.7 Å². The molecule has 3 N–H and O–H groups in total. The van der Waals surface area contributed by atoms with Crippen molar-refractivity contribution in [1.29, 1.82) is 5.26 Å². The molecule has 2 atom stereocenters. The second-order valence-electron chi connectivity index (χ2n) is 9.91. The highest BCUT2D eigenvalue weighted by Gasteiger charge is 2.32. The predicted molar refractivity (Wildman–Crippen MR) is 131 cm³/mol. The number of hydrogen-bond acceptors (Lipinski definition) is 7. The third-order valence-electron chi connectivity index (χ3n) is 5.89. The summed E-state index contributed by atoms with van der Waals surface area (Å²) in [6.45, 7) is 6.16. The number of carbonyl (C=O) groups is 2. The molecule has 0 bridgehead atoms. The van der Waals surface area contributed by atoms with E-state index in [9.17, 15) is 24.9 Å². The second kappa shape index (κ2) is 11.4. The lowest BCUT2D eigenvalue weighted by Crippen LogP contribution is -2.50. The molecule has 2 amide bonds. The van der Waals surface area contributed by atoms with Gasteiger partial charge in [-0.3, -0.25) is 4.79 Å². The number of amides is 2. The fourth-order valence-electron chi connectivity index (χ4n) is 4.19. The molecule has 35 heavy (non-hydrogen) atoms. The van der Waals surface area contributed by atoms with Gasteiger partial charge in [-0.15, -0.1) is 0 Å². The standard InChI is InChI=1S/C25H32BN3O6/c1-25(2,3)13-18(14-27)23(30)29-11-7-6-8-19(29)16-35-24(31)28-22(26(32)33)12-17-15-34-21-10-5-4-9-20(17)21/h4-5,9-10,13,15,19,22,32-33H,6-8,11-12,16H2,1-3H3,(H,28,31)/t19?,22-/m0/s1. The molecule has 0 spiro atoms. The number of benzene rings is 1. The number of piperidine rings is 1. The number of rotatable bonds is 7. The molecule has 10 heteroatoms. The molecule has 1 saturated heterocycles. The lowest BCUT2D eigenvalue weighted by Gasteiger charge is -2.35. The largest absolute Gasteiger partial charge is 0.475 e. The number of likely N-dealkylation sites (tertiary alicyclic amines) is 1. The van der Waals surface area contributed by atoms with Crippen LogP contribution in [-0.2, 0) is 16.0 Å². The number of carbonyl (C=O) groups excluding carboxylic acids is 2. The number of nitrogens with one attached hydrogen (secondary N) is 1. The normalized spacial score (nSPS) is 17.5. The minimum absolute atomic E-state index is 0.0608. The molecule has 186 valence electrons. The quantitative estimate of drug-likeness (QED) is 0.314. The van der Waals surface area contributed by atoms with Crippen LogP contribution in [0, 0.1) is 16.7 Å². The van der Waals surface area contributed by atoms with Crippen LogP contribution in [0.25, 0.3) is 11.0 Å². The zero-order chi connectivity index (χ0) is 25.6. The highest BCUT2D eigenvalue weighted by molar-refractivity contribution is 6.43. The molecular weight excluding hydrogens is 449 g/mol. The van der Waals surface area contributed by atoms with Crippen LogP contribution in [0.1, 0.15) is 45.6 Å². The topological polar surface area (TPSA) is 136 Å². The van der Waals surface area contributed by atoms with E-state index >= 15 is 0 Å². The molecule has 2 aromatic rings. The third-order valence-corrected chi connectivity index (χ3v) is 5.89. The zero-order valence-electron chi connectivity index (χ0n) is 20.4. The molecule has 1 aromatic heterocycles. The lowest BCUT2D eigenvalue weighted by atomic mass is 9.76. The number of furan rings is 1. The number of hydrogen-bond donors (Lipinski definition) is 3. The van der Waals surface area contributed by atoms with Crippen LogP contribution in [-0.4, -0.2) is 59.2 Å². The van der Waals surface area contributed by atoms with E-state index in [0.29, 0.717) is 18.5 Å². The second-order valence-corrected chi connectivity index (χ2v) is 9.91. The predicted octanol–water partition coefficient (Wildman–Crippen LogP) is 2.96. The summed E-state index contributed by atoms with van der Waals surface area (Å²) < 4.78 is 10.9. The van der Waals surface area contributed by atoms with Gasteiger partial charge in [0.15, 0.2) is 0 Å². The van der Waals surface area contributed by atoms with Crippen LogP contribution in [0.3, 0.4) is 0 Å². The highest BCUT2D eigenvalue weighted by Crippen LogP contribution is 2.24. The highest BCUT2D eigenvalue weighted by atomic mass is 16.5. The van der Waals surface area contributed by atoms with Gasteiger partial charge in [0.1, 0.15) is 23.8 Å². The Bertz CT molecular complexity index is 1110. The Morgan fingerprint density at radius 3 is 2.77 bits per heavy atom. The van der Waals surface area contributed by atoms with Crippen molar-refractivity contribution in [2.24, 2.45) is 5.41 Å². The Morgan fingerprint density at radius 1 is 1.34 bits per heavy atom. The van der Waals surface area contributed by atoms with Crippen LogP contribution in [0.4, 0.5) is 4.79 Å². The fraction of sp³-hybridized carbons (Fsp3) is 0.480. The van der Waals surface area contributed by atoms with Crippen LogP contribution in [0.5, 0.6) is 0 Å². The van der Waals surface area contributed by atoms with Gasteiger partial charge in [0, 0.05) is 11.9 Å². The summed E-state index contributed by atoms with van der Waals surface area (Å²) in [6, 6.07) is 8.97. The average Bonchev–Trinajstić information content (AvgIpc) is 3.22. The number of para-hydroxylation sites is 1. The lowest BCUT2D eigenvalue weighted by molar-refractivity contribution is -0.131. The van der Waals surface area contributed by atoms with Gasteiger partial charge in [0.25, 0.3) is 5.91 Å². The molecule has 9 nitrogen and oxygen atoms in total. The van der Waals surface area contributed by atoms with Crippen LogP contribution in [0.2, 0.25) is 0 Å². The first kappa shape index (κ1) is 26.3. The molecule has 0 radical (unpaired) electrons. The fourth-order valence-corrected chi connectivity index (χ4v) is 4.19. The molecule has 1 aliphatic rings. The molecule has 1 unspecified atom stereocenters. The van der Waals surface area contributed by atoms with Crippen molar-refractivity contribution < 1.29 is 28.8 Å². The van der Waals surface area contributed by atoms with Gasteiger partial charge in [-0.05, 0) is 42.7 Å². The van der Waals surface area contributed by atoms with E-state index in [-0.39, 0.29) is 36.0 Å². The first-order valence-electron chi connectivity index (χ1n) is 11.8. The van der Waals surface area contributed by atoms with Crippen molar-refractivity contribution >= 4 is 30.1 Å². The van der Waals surface area contributed by atoms with Gasteiger partial charge in [-0.1, -0.05) is 45.0 Å². The smallest absolute Gasteiger partial charge is 0.464 e. The van der Waals surface area contributed by atoms with E-state index in [4.69, 9.17) is 9.15 Å². The Morgan fingerprint density at radius 2 is 2.09 bits per heavy atom. The summed E-state index contributed by atoms with van der Waals surface area (Å²) in [4.78, 5) is 27.1. The van der Waals surface area contributed by atoms with Crippen LogP contribution < -0.4 is 5.32 Å². The Kier molecular flexibility index (Phi) is 8.59. The van der Waals surface area contributed by atoms with E-state index in [2.05, 4.69) is 5.32 Å². The molecule has 0 saturated carbocycles. The maximum Gasteiger partial charge on any atom is 0.475 e. The Hall–Kier alpha value is -3.29. The zero-order valence-corrected chi connectivity index (χ0v) is 20.4. The van der Waals surface area contributed by atoms with E-state index in [1.165, 1.54) is 6.26 Å². The molecule has 3 rings (SSSR count). The van der Waals surface area contributed by atoms with E-state index in [1.807, 2.05) is 45.0 Å². The van der Waals surface area contributed by atoms with Gasteiger partial charge in [-0.2, -0.15) is 5.26 Å². The molecule has 1 aromatic carbocycles. The van der Waals surface area contributed by atoms with Crippen molar-refractivity contribution in [3.63, 3.8) is 0 Å². The number of allylic oxidation sites excluding steroid dienone is 1. The van der Waals surface area contributed by atoms with Crippen molar-refractivity contribution in [2.45, 2.75) is 58.4 Å². The van der Waals surface area contributed by atoms with Gasteiger partial charge in [0.2, 0.25) is 0 Å². The first-order valence-corrected chi connectivity index (χ1v) is 11.8. The third kappa shape index (κ3) is 7.10. The van der Waals surface area contributed by atoms with E-state index < -0.39 is 19.2 Å². The van der Waals surface area contributed by atoms with Gasteiger partial charge in [0.05, 0.1) is 18.2 Å². The molecule has 1 fully saturated rings. The summed E-state index contributed by atoms with van der Waals surface area (Å²) >= 11 is 0. The summed E-state index contributed by atoms with van der Waals surface area (Å²) in [5.41, 5.74) is 1.13. The maximum absolute atomic E-state index is 13.0. The number of nitriles is 1. The van der Waals surface area contributed by atoms with Crippen LogP contribution >= 0.6 is 0 Å². The number of ether oxygens (including phenoxy) is 1. The van der Waals surface area contributed by atoms with Crippen molar-refractivity contribution in [2.75, 3.05) is 13.2 Å². The molecular formula is C25H32BN3O6. The van der Waals surface area contributed by atoms with Crippen molar-refractivity contribution in [1.82, 2.24) is 10.2 Å². The molecule has 1 aliphatic heterocycles. The van der Waals surface area contributed by atoms with Gasteiger partial charge >= 0.3 is 13.2 Å². The van der Waals surface area contributed by atoms with E-state index in [0.717, 1.165) is 23.8 Å². The SMILES string of the molecule is CC(C)(C)C=C(C#N)C(=O)N1CCCCC1COC(=O)N[C@@H](Cc1coc2ccccc12)B(O)O. The molecule has 0 aliphatic carbocycles. The Balaban J connectivity index is 1.62. The minimum Gasteiger partial charge on any atom is -0.464 e. The maximum atomic E-state index is 13.0. The summed E-state index contributed by atoms with van der Waals surface area (Å²) in [5, 5.41) is 32.4. The summed E-state index contributed by atoms with van der Waals surface area (Å²) in [6.07, 6.45) is 4.80. The number of fused-ring (bicyclic) bond motifs is 1. The van der Waals surface area contributed by atoms with Gasteiger partial charge in [-0.25, -0.2) is 4.79 Å².